The predicted octanol–water partition coefficient (Wildman–Crippen LogP) is 5.62. The first-order chi connectivity index (χ1) is 16.2. The van der Waals surface area contributed by atoms with Crippen LogP contribution in [0.2, 0.25) is 0 Å². The van der Waals surface area contributed by atoms with Crippen LogP contribution in [0, 0.1) is 11.6 Å². The Morgan fingerprint density at radius 1 is 1.11 bits per heavy atom. The fraction of sp³-hybridized carbons (Fsp3) is 0.458. The summed E-state index contributed by atoms with van der Waals surface area (Å²) in [4.78, 5) is 38.2. The van der Waals surface area contributed by atoms with Crippen molar-refractivity contribution in [3.8, 4) is 0 Å². The average Bonchev–Trinajstić information content (AvgIpc) is 2.93. The second-order valence-corrected chi connectivity index (χ2v) is 10.5. The van der Waals surface area contributed by atoms with E-state index in [0.717, 1.165) is 29.5 Å². The van der Waals surface area contributed by atoms with Gasteiger partial charge in [0, 0.05) is 17.7 Å². The molecule has 1 aromatic carbocycles. The lowest BCUT2D eigenvalue weighted by Gasteiger charge is -2.21. The number of alkyl carbamates (subject to hydrolysis) is 1. The normalized spacial score (nSPS) is 16.0. The van der Waals surface area contributed by atoms with E-state index in [0.29, 0.717) is 0 Å². The van der Waals surface area contributed by atoms with E-state index in [1.54, 1.807) is 20.8 Å². The number of alkyl halides is 2. The van der Waals surface area contributed by atoms with Crippen LogP contribution in [0.3, 0.4) is 0 Å². The van der Waals surface area contributed by atoms with Crippen LogP contribution >= 0.6 is 11.3 Å². The lowest BCUT2D eigenvalue weighted by molar-refractivity contribution is -0.117. The van der Waals surface area contributed by atoms with Crippen molar-refractivity contribution < 1.29 is 36.7 Å². The largest absolute Gasteiger partial charge is 0.444 e. The molecule has 11 heteroatoms. The van der Waals surface area contributed by atoms with E-state index in [1.165, 1.54) is 6.92 Å². The molecule has 1 aromatic heterocycles. The van der Waals surface area contributed by atoms with Gasteiger partial charge < -0.3 is 15.4 Å². The summed E-state index contributed by atoms with van der Waals surface area (Å²) in [5, 5.41) is 4.71. The van der Waals surface area contributed by atoms with Crippen molar-refractivity contribution in [3.63, 3.8) is 0 Å². The number of fused-ring (bicyclic) bond motifs is 1. The van der Waals surface area contributed by atoms with E-state index < -0.39 is 65.4 Å². The van der Waals surface area contributed by atoms with E-state index in [2.05, 4.69) is 10.6 Å². The molecule has 0 fully saturated rings. The highest BCUT2D eigenvalue weighted by Crippen LogP contribution is 2.42. The van der Waals surface area contributed by atoms with E-state index >= 15 is 0 Å². The van der Waals surface area contributed by atoms with Gasteiger partial charge in [0.1, 0.15) is 28.3 Å². The zero-order chi connectivity index (χ0) is 26.1. The van der Waals surface area contributed by atoms with E-state index in [4.69, 9.17) is 4.74 Å². The van der Waals surface area contributed by atoms with Crippen LogP contribution in [0.1, 0.15) is 66.9 Å². The highest BCUT2D eigenvalue weighted by molar-refractivity contribution is 7.17. The minimum absolute atomic E-state index is 0.0563. The molecule has 190 valence electrons. The first kappa shape index (κ1) is 26.7. The van der Waals surface area contributed by atoms with Crippen molar-refractivity contribution in [1.29, 1.82) is 0 Å². The molecule has 0 unspecified atom stereocenters. The number of anilines is 1. The number of carbonyl (C=O) groups excluding carboxylic acids is 3. The molecule has 0 radical (unpaired) electrons. The van der Waals surface area contributed by atoms with Crippen molar-refractivity contribution in [3.05, 3.63) is 51.4 Å². The minimum atomic E-state index is -3.02. The molecule has 0 aliphatic heterocycles. The third kappa shape index (κ3) is 6.39. The van der Waals surface area contributed by atoms with Gasteiger partial charge in [0.25, 0.3) is 5.92 Å². The number of hydrogen-bond acceptors (Lipinski definition) is 5. The van der Waals surface area contributed by atoms with Gasteiger partial charge in [-0.2, -0.15) is 0 Å². The number of ether oxygens (including phenoxy) is 1. The monoisotopic (exact) mass is 514 g/mol. The summed E-state index contributed by atoms with van der Waals surface area (Å²) in [6, 6.07) is 1.81. The number of nitrogens with one attached hydrogen (secondary N) is 2. The van der Waals surface area contributed by atoms with Crippen molar-refractivity contribution in [2.24, 2.45) is 0 Å². The van der Waals surface area contributed by atoms with E-state index in [-0.39, 0.29) is 33.8 Å². The maximum atomic E-state index is 14.4. The molecule has 1 aliphatic carbocycles. The maximum absolute atomic E-state index is 14.4. The molecule has 0 saturated heterocycles. The quantitative estimate of drug-likeness (QED) is 0.308. The molecular formula is C24H26F4N2O4S. The van der Waals surface area contributed by atoms with Gasteiger partial charge >= 0.3 is 6.09 Å². The molecular weight excluding hydrogens is 488 g/mol. The predicted molar refractivity (Wildman–Crippen MR) is 123 cm³/mol. The number of rotatable bonds is 5. The Labute approximate surface area is 204 Å². The lowest BCUT2D eigenvalue weighted by Crippen LogP contribution is -2.44. The van der Waals surface area contributed by atoms with Gasteiger partial charge in [-0.3, -0.25) is 9.59 Å². The summed E-state index contributed by atoms with van der Waals surface area (Å²) in [7, 11) is 0. The summed E-state index contributed by atoms with van der Waals surface area (Å²) in [5.74, 6) is -7.04. The number of benzene rings is 1. The summed E-state index contributed by atoms with van der Waals surface area (Å²) < 4.78 is 62.4. The van der Waals surface area contributed by atoms with Crippen LogP contribution in [0.15, 0.2) is 18.2 Å². The summed E-state index contributed by atoms with van der Waals surface area (Å²) >= 11 is 0.765. The molecule has 2 amide bonds. The standard InChI is InChI=1S/C24H26F4N2O4S/c1-12(29-22(33)34-23(2,3)4)20(32)30-21-17(19(31)18-14(25)8-5-9-15(18)26)13-7-6-10-24(27,28)11-16(13)35-21/h5,8-9,12H,6-7,10-11H2,1-4H3,(H,29,33)(H,30,32)/t12-/m0/s1. The fourth-order valence-electron chi connectivity index (χ4n) is 3.70. The SMILES string of the molecule is C[C@H](NC(=O)OC(C)(C)C)C(=O)Nc1sc2c(c1C(=O)c1c(F)cccc1F)CCCC(F)(F)C2. The molecule has 35 heavy (non-hydrogen) atoms. The van der Waals surface area contributed by atoms with E-state index in [9.17, 15) is 31.9 Å². The highest BCUT2D eigenvalue weighted by Gasteiger charge is 2.37. The van der Waals surface area contributed by atoms with Crippen LogP contribution in [0.5, 0.6) is 0 Å². The Morgan fingerprint density at radius 2 is 1.74 bits per heavy atom. The molecule has 1 aliphatic rings. The van der Waals surface area contributed by atoms with Gasteiger partial charge in [-0.25, -0.2) is 22.4 Å². The molecule has 2 N–H and O–H groups in total. The number of ketones is 1. The molecule has 1 heterocycles. The van der Waals surface area contributed by atoms with Crippen molar-refractivity contribution in [2.45, 2.75) is 70.9 Å². The zero-order valence-electron chi connectivity index (χ0n) is 19.7. The minimum Gasteiger partial charge on any atom is -0.444 e. The molecule has 3 rings (SSSR count). The number of amides is 2. The Morgan fingerprint density at radius 3 is 2.34 bits per heavy atom. The van der Waals surface area contributed by atoms with Crippen LogP contribution in [0.4, 0.5) is 27.4 Å². The van der Waals surface area contributed by atoms with Gasteiger partial charge in [0.05, 0.1) is 11.1 Å². The number of thiophene rings is 1. The average molecular weight is 515 g/mol. The number of carbonyl (C=O) groups is 3. The van der Waals surface area contributed by atoms with Gasteiger partial charge in [-0.15, -0.1) is 11.3 Å². The number of hydrogen-bond donors (Lipinski definition) is 2. The van der Waals surface area contributed by atoms with Crippen molar-refractivity contribution in [1.82, 2.24) is 5.32 Å². The van der Waals surface area contributed by atoms with Gasteiger partial charge in [0.2, 0.25) is 11.7 Å². The third-order valence-electron chi connectivity index (χ3n) is 5.26. The smallest absolute Gasteiger partial charge is 0.408 e. The summed E-state index contributed by atoms with van der Waals surface area (Å²) in [6.07, 6.45) is -1.77. The second kappa shape index (κ2) is 9.96. The summed E-state index contributed by atoms with van der Waals surface area (Å²) in [5.41, 5.74) is -1.62. The van der Waals surface area contributed by atoms with Crippen molar-refractivity contribution >= 4 is 34.1 Å². The topological polar surface area (TPSA) is 84.5 Å². The Kier molecular flexibility index (Phi) is 7.59. The summed E-state index contributed by atoms with van der Waals surface area (Å²) in [6.45, 7) is 6.30. The van der Waals surface area contributed by atoms with Crippen molar-refractivity contribution in [2.75, 3.05) is 5.32 Å². The van der Waals surface area contributed by atoms with Crippen LogP contribution < -0.4 is 10.6 Å². The molecule has 0 saturated carbocycles. The molecule has 6 nitrogen and oxygen atoms in total. The molecule has 2 aromatic rings. The van der Waals surface area contributed by atoms with Gasteiger partial charge in [-0.05, 0) is 58.2 Å². The highest BCUT2D eigenvalue weighted by atomic mass is 32.1. The molecule has 0 spiro atoms. The fourth-order valence-corrected chi connectivity index (χ4v) is 5.03. The Bertz CT molecular complexity index is 1140. The van der Waals surface area contributed by atoms with Crippen LogP contribution in [-0.4, -0.2) is 35.3 Å². The van der Waals surface area contributed by atoms with Gasteiger partial charge in [-0.1, -0.05) is 6.07 Å². The lowest BCUT2D eigenvalue weighted by atomic mass is 9.97. The zero-order valence-corrected chi connectivity index (χ0v) is 20.5. The first-order valence-corrected chi connectivity index (χ1v) is 11.8. The third-order valence-corrected chi connectivity index (χ3v) is 6.41. The Hall–Kier alpha value is -2.95. The Balaban J connectivity index is 1.97. The second-order valence-electron chi connectivity index (χ2n) is 9.38. The van der Waals surface area contributed by atoms with Gasteiger partial charge in [0.15, 0.2) is 0 Å². The van der Waals surface area contributed by atoms with E-state index in [1.807, 2.05) is 0 Å². The molecule has 0 bridgehead atoms. The maximum Gasteiger partial charge on any atom is 0.408 e. The van der Waals surface area contributed by atoms with Crippen LogP contribution in [-0.2, 0) is 22.4 Å². The first-order valence-electron chi connectivity index (χ1n) is 11.0. The van der Waals surface area contributed by atoms with Crippen LogP contribution in [0.25, 0.3) is 0 Å². The molecule has 1 atom stereocenters. The number of halogens is 4.